The van der Waals surface area contributed by atoms with Gasteiger partial charge in [0.05, 0.1) is 12.6 Å². The molecule has 5 atom stereocenters. The number of nitrogens with zero attached hydrogens (tertiary/aromatic N) is 2. The standard InChI is InChI=1S/C22H29FN2O7/c1-11-6-7-13(9-16(11)23)8-15-12(2)25(14-4-3-5-14)24-21(15)32-22(30)20(29)19(28)18(27)17(10-26)31-22/h6-7,9,14,17-20,26-30H,3-5,8,10H2,1-2H3/t17-,18-,19+,20-,22+/m1/s1. The first kappa shape index (κ1) is 23.1. The monoisotopic (exact) mass is 452 g/mol. The molecule has 4 rings (SSSR count). The quantitative estimate of drug-likeness (QED) is 0.399. The summed E-state index contributed by atoms with van der Waals surface area (Å²) < 4.78 is 26.7. The number of ether oxygens (including phenoxy) is 2. The Labute approximate surface area is 184 Å². The lowest BCUT2D eigenvalue weighted by atomic mass is 9.93. The molecule has 32 heavy (non-hydrogen) atoms. The number of rotatable bonds is 6. The smallest absolute Gasteiger partial charge is 0.356 e. The van der Waals surface area contributed by atoms with E-state index in [1.165, 1.54) is 6.07 Å². The van der Waals surface area contributed by atoms with Gasteiger partial charge in [0.25, 0.3) is 0 Å². The van der Waals surface area contributed by atoms with Crippen molar-refractivity contribution in [1.82, 2.24) is 9.78 Å². The van der Waals surface area contributed by atoms with E-state index < -0.39 is 37.0 Å². The van der Waals surface area contributed by atoms with E-state index in [9.17, 15) is 29.9 Å². The van der Waals surface area contributed by atoms with Crippen LogP contribution >= 0.6 is 0 Å². The summed E-state index contributed by atoms with van der Waals surface area (Å²) in [7, 11) is 0. The highest BCUT2D eigenvalue weighted by molar-refractivity contribution is 5.38. The van der Waals surface area contributed by atoms with E-state index in [0.29, 0.717) is 16.7 Å². The SMILES string of the molecule is Cc1ccc(Cc2c(O[C@@]3(O)O[C@H](CO)[C@@H](O)[C@H](O)[C@H]3O)nn(C3CCC3)c2C)cc1F. The van der Waals surface area contributed by atoms with Crippen molar-refractivity contribution in [3.8, 4) is 5.88 Å². The zero-order valence-electron chi connectivity index (χ0n) is 18.0. The first-order chi connectivity index (χ1) is 15.1. The van der Waals surface area contributed by atoms with Gasteiger partial charge in [0, 0.05) is 17.7 Å². The van der Waals surface area contributed by atoms with E-state index >= 15 is 0 Å². The van der Waals surface area contributed by atoms with Crippen molar-refractivity contribution >= 4 is 0 Å². The Morgan fingerprint density at radius 2 is 1.94 bits per heavy atom. The number of hydrogen-bond acceptors (Lipinski definition) is 8. The molecule has 0 radical (unpaired) electrons. The summed E-state index contributed by atoms with van der Waals surface area (Å²) in [6.07, 6.45) is -3.69. The molecule has 9 nitrogen and oxygen atoms in total. The van der Waals surface area contributed by atoms with Gasteiger partial charge in [0.15, 0.2) is 6.10 Å². The number of halogens is 1. The second-order valence-corrected chi connectivity index (χ2v) is 8.66. The van der Waals surface area contributed by atoms with Gasteiger partial charge in [0.2, 0.25) is 5.88 Å². The number of hydrogen-bond donors (Lipinski definition) is 5. The van der Waals surface area contributed by atoms with Crippen LogP contribution in [0.4, 0.5) is 4.39 Å². The lowest BCUT2D eigenvalue weighted by Gasteiger charge is -2.43. The van der Waals surface area contributed by atoms with Crippen molar-refractivity contribution < 1.29 is 39.4 Å². The van der Waals surface area contributed by atoms with Crippen LogP contribution in [-0.2, 0) is 11.2 Å². The van der Waals surface area contributed by atoms with Gasteiger partial charge >= 0.3 is 5.97 Å². The van der Waals surface area contributed by atoms with Crippen molar-refractivity contribution in [2.24, 2.45) is 0 Å². The Balaban J connectivity index is 1.70. The fourth-order valence-corrected chi connectivity index (χ4v) is 4.10. The van der Waals surface area contributed by atoms with E-state index in [1.807, 2.05) is 6.92 Å². The highest BCUT2D eigenvalue weighted by Crippen LogP contribution is 2.38. The van der Waals surface area contributed by atoms with Gasteiger partial charge in [-0.15, -0.1) is 5.10 Å². The third kappa shape index (κ3) is 4.02. The lowest BCUT2D eigenvalue weighted by molar-refractivity contribution is -0.423. The topological polar surface area (TPSA) is 137 Å². The maximum Gasteiger partial charge on any atom is 0.356 e. The van der Waals surface area contributed by atoms with Gasteiger partial charge in [-0.1, -0.05) is 12.1 Å². The van der Waals surface area contributed by atoms with Crippen molar-refractivity contribution in [2.75, 3.05) is 6.61 Å². The van der Waals surface area contributed by atoms with Gasteiger partial charge in [-0.25, -0.2) is 4.39 Å². The Hall–Kier alpha value is -2.08. The number of benzene rings is 1. The number of aliphatic hydroxyl groups excluding tert-OH is 4. The molecule has 1 aromatic carbocycles. The predicted molar refractivity (Wildman–Crippen MR) is 109 cm³/mol. The van der Waals surface area contributed by atoms with Crippen molar-refractivity contribution in [1.29, 1.82) is 0 Å². The lowest BCUT2D eigenvalue weighted by Crippen LogP contribution is -2.67. The first-order valence-electron chi connectivity index (χ1n) is 10.7. The molecule has 0 spiro atoms. The largest absolute Gasteiger partial charge is 0.417 e. The fraction of sp³-hybridized carbons (Fsp3) is 0.591. The van der Waals surface area contributed by atoms with Crippen molar-refractivity contribution in [3.05, 3.63) is 46.4 Å². The van der Waals surface area contributed by atoms with Crippen LogP contribution in [0.2, 0.25) is 0 Å². The third-order valence-corrected chi connectivity index (χ3v) is 6.45. The zero-order valence-corrected chi connectivity index (χ0v) is 18.0. The summed E-state index contributed by atoms with van der Waals surface area (Å²) in [5.74, 6) is -3.15. The van der Waals surface area contributed by atoms with Crippen LogP contribution in [0.15, 0.2) is 18.2 Å². The molecule has 2 aromatic rings. The fourth-order valence-electron chi connectivity index (χ4n) is 4.10. The molecule has 2 aliphatic rings. The van der Waals surface area contributed by atoms with E-state index in [0.717, 1.165) is 25.0 Å². The van der Waals surface area contributed by atoms with Gasteiger partial charge < -0.3 is 35.0 Å². The summed E-state index contributed by atoms with van der Waals surface area (Å²) in [6.45, 7) is 2.79. The molecule has 1 saturated heterocycles. The van der Waals surface area contributed by atoms with Gasteiger partial charge in [-0.05, 0) is 50.3 Å². The van der Waals surface area contributed by atoms with Crippen LogP contribution in [0.25, 0.3) is 0 Å². The molecule has 0 bridgehead atoms. The average Bonchev–Trinajstić information content (AvgIpc) is 3.00. The van der Waals surface area contributed by atoms with E-state index in [1.54, 1.807) is 23.7 Å². The van der Waals surface area contributed by atoms with E-state index in [4.69, 9.17) is 9.47 Å². The first-order valence-corrected chi connectivity index (χ1v) is 10.7. The molecule has 176 valence electrons. The highest BCUT2D eigenvalue weighted by atomic mass is 19.1. The van der Waals surface area contributed by atoms with Crippen LogP contribution < -0.4 is 4.74 Å². The maximum atomic E-state index is 14.1. The average molecular weight is 452 g/mol. The normalized spacial score (nSPS) is 30.9. The predicted octanol–water partition coefficient (Wildman–Crippen LogP) is 0.454. The molecule has 1 aliphatic heterocycles. The van der Waals surface area contributed by atoms with E-state index in [-0.39, 0.29) is 24.2 Å². The number of aryl methyl sites for hydroxylation is 1. The molecule has 1 saturated carbocycles. The van der Waals surface area contributed by atoms with E-state index in [2.05, 4.69) is 5.10 Å². The van der Waals surface area contributed by atoms with Crippen LogP contribution in [0, 0.1) is 19.7 Å². The number of aliphatic hydroxyl groups is 5. The molecule has 5 N–H and O–H groups in total. The van der Waals surface area contributed by atoms with Crippen LogP contribution in [0.1, 0.15) is 47.7 Å². The second kappa shape index (κ2) is 8.69. The zero-order chi connectivity index (χ0) is 23.2. The Bertz CT molecular complexity index is 977. The minimum atomic E-state index is -2.76. The summed E-state index contributed by atoms with van der Waals surface area (Å²) in [5.41, 5.74) is 2.50. The molecule has 1 aliphatic carbocycles. The molecule has 2 fully saturated rings. The van der Waals surface area contributed by atoms with Gasteiger partial charge in [-0.3, -0.25) is 4.68 Å². The second-order valence-electron chi connectivity index (χ2n) is 8.66. The van der Waals surface area contributed by atoms with Gasteiger partial charge in [-0.2, -0.15) is 0 Å². The summed E-state index contributed by atoms with van der Waals surface area (Å²) in [5, 5.41) is 55.2. The Kier molecular flexibility index (Phi) is 6.27. The third-order valence-electron chi connectivity index (χ3n) is 6.45. The molecule has 0 amide bonds. The maximum absolute atomic E-state index is 14.1. The molecule has 10 heteroatoms. The Morgan fingerprint density at radius 1 is 1.22 bits per heavy atom. The molecular weight excluding hydrogens is 423 g/mol. The molecule has 2 heterocycles. The molecule has 0 unspecified atom stereocenters. The Morgan fingerprint density at radius 3 is 2.53 bits per heavy atom. The number of aromatic nitrogens is 2. The summed E-state index contributed by atoms with van der Waals surface area (Å²) >= 11 is 0. The van der Waals surface area contributed by atoms with Crippen molar-refractivity contribution in [3.63, 3.8) is 0 Å². The molecular formula is C22H29FN2O7. The van der Waals surface area contributed by atoms with Crippen LogP contribution in [-0.4, -0.2) is 72.3 Å². The molecule has 1 aromatic heterocycles. The minimum absolute atomic E-state index is 0.0442. The highest BCUT2D eigenvalue weighted by Gasteiger charge is 2.55. The van der Waals surface area contributed by atoms with Crippen molar-refractivity contribution in [2.45, 2.75) is 76.0 Å². The van der Waals surface area contributed by atoms with Crippen LogP contribution in [0.3, 0.4) is 0 Å². The summed E-state index contributed by atoms with van der Waals surface area (Å²) in [6, 6.07) is 5.03. The summed E-state index contributed by atoms with van der Waals surface area (Å²) in [4.78, 5) is 0. The van der Waals surface area contributed by atoms with Crippen LogP contribution in [0.5, 0.6) is 5.88 Å². The van der Waals surface area contributed by atoms with Gasteiger partial charge in [0.1, 0.15) is 24.1 Å². The minimum Gasteiger partial charge on any atom is -0.417 e.